The Kier molecular flexibility index (Phi) is 5.76. The lowest BCUT2D eigenvalue weighted by atomic mass is 10.2. The summed E-state index contributed by atoms with van der Waals surface area (Å²) in [6.07, 6.45) is 0.699. The number of ether oxygens (including phenoxy) is 1. The summed E-state index contributed by atoms with van der Waals surface area (Å²) in [5, 5.41) is 7.28. The number of hydrogen-bond donors (Lipinski definition) is 2. The number of benzene rings is 1. The van der Waals surface area contributed by atoms with Gasteiger partial charge in [0.05, 0.1) is 12.8 Å². The lowest BCUT2D eigenvalue weighted by Gasteiger charge is -2.14. The van der Waals surface area contributed by atoms with Crippen LogP contribution in [-0.4, -0.2) is 25.0 Å². The van der Waals surface area contributed by atoms with Crippen molar-refractivity contribution in [1.29, 1.82) is 0 Å². The van der Waals surface area contributed by atoms with E-state index in [-0.39, 0.29) is 6.04 Å². The van der Waals surface area contributed by atoms with Gasteiger partial charge >= 0.3 is 11.8 Å². The Bertz CT molecular complexity index is 683. The molecular formula is C17H20N2O3S. The maximum atomic E-state index is 12.1. The highest BCUT2D eigenvalue weighted by Crippen LogP contribution is 2.25. The van der Waals surface area contributed by atoms with Gasteiger partial charge in [-0.05, 0) is 43.0 Å². The fourth-order valence-corrected chi connectivity index (χ4v) is 3.00. The van der Waals surface area contributed by atoms with Crippen LogP contribution in [0.15, 0.2) is 35.7 Å². The standard InChI is InChI=1S/C17H20N2O3S/c1-11-6-7-15(22-3)14(9-11)19-17(21)16(20)18-12(2)10-13-5-4-8-23-13/h4-9,12H,10H2,1-3H3,(H,18,20)(H,19,21)/t12-/m0/s1. The molecule has 2 rings (SSSR count). The van der Waals surface area contributed by atoms with E-state index in [1.807, 2.05) is 37.4 Å². The normalized spacial score (nSPS) is 11.6. The van der Waals surface area contributed by atoms with Crippen LogP contribution < -0.4 is 15.4 Å². The lowest BCUT2D eigenvalue weighted by Crippen LogP contribution is -2.41. The Balaban J connectivity index is 1.95. The van der Waals surface area contributed by atoms with Crippen LogP contribution in [0.5, 0.6) is 5.75 Å². The first-order valence-electron chi connectivity index (χ1n) is 7.28. The van der Waals surface area contributed by atoms with Crippen molar-refractivity contribution in [3.05, 3.63) is 46.2 Å². The van der Waals surface area contributed by atoms with Crippen molar-refractivity contribution in [2.24, 2.45) is 0 Å². The van der Waals surface area contributed by atoms with E-state index in [1.165, 1.54) is 12.0 Å². The van der Waals surface area contributed by atoms with Gasteiger partial charge in [-0.25, -0.2) is 0 Å². The van der Waals surface area contributed by atoms with Gasteiger partial charge in [-0.3, -0.25) is 9.59 Å². The summed E-state index contributed by atoms with van der Waals surface area (Å²) in [5.74, 6) is -0.840. The van der Waals surface area contributed by atoms with Crippen LogP contribution in [0.3, 0.4) is 0 Å². The van der Waals surface area contributed by atoms with E-state index < -0.39 is 11.8 Å². The second-order valence-corrected chi connectivity index (χ2v) is 6.35. The highest BCUT2D eigenvalue weighted by molar-refractivity contribution is 7.09. The van der Waals surface area contributed by atoms with Gasteiger partial charge in [0.15, 0.2) is 0 Å². The minimum atomic E-state index is -0.702. The van der Waals surface area contributed by atoms with Crippen LogP contribution in [0.25, 0.3) is 0 Å². The Morgan fingerprint density at radius 3 is 2.70 bits per heavy atom. The predicted octanol–water partition coefficient (Wildman–Crippen LogP) is 2.75. The number of carbonyl (C=O) groups excluding carboxylic acids is 2. The summed E-state index contributed by atoms with van der Waals surface area (Å²) in [7, 11) is 1.52. The van der Waals surface area contributed by atoms with Crippen molar-refractivity contribution >= 4 is 28.8 Å². The third kappa shape index (κ3) is 4.82. The fraction of sp³-hybridized carbons (Fsp3) is 0.294. The van der Waals surface area contributed by atoms with Crippen molar-refractivity contribution < 1.29 is 14.3 Å². The van der Waals surface area contributed by atoms with Crippen LogP contribution in [-0.2, 0) is 16.0 Å². The third-order valence-electron chi connectivity index (χ3n) is 3.27. The summed E-state index contributed by atoms with van der Waals surface area (Å²) in [6.45, 7) is 3.77. The second-order valence-electron chi connectivity index (χ2n) is 5.32. The molecule has 0 radical (unpaired) electrons. The van der Waals surface area contributed by atoms with Gasteiger partial charge < -0.3 is 15.4 Å². The molecule has 0 saturated heterocycles. The highest BCUT2D eigenvalue weighted by atomic mass is 32.1. The second kappa shape index (κ2) is 7.78. The number of carbonyl (C=O) groups is 2. The van der Waals surface area contributed by atoms with Crippen LogP contribution in [0.2, 0.25) is 0 Å². The van der Waals surface area contributed by atoms with Gasteiger partial charge in [-0.2, -0.15) is 0 Å². The Morgan fingerprint density at radius 1 is 1.26 bits per heavy atom. The summed E-state index contributed by atoms with van der Waals surface area (Å²) in [5.41, 5.74) is 1.45. The monoisotopic (exact) mass is 332 g/mol. The lowest BCUT2D eigenvalue weighted by molar-refractivity contribution is -0.136. The molecule has 122 valence electrons. The minimum Gasteiger partial charge on any atom is -0.495 e. The first kappa shape index (κ1) is 17.0. The molecule has 0 aliphatic heterocycles. The zero-order chi connectivity index (χ0) is 16.8. The minimum absolute atomic E-state index is 0.119. The van der Waals surface area contributed by atoms with Crippen molar-refractivity contribution in [3.63, 3.8) is 0 Å². The molecule has 0 aliphatic carbocycles. The topological polar surface area (TPSA) is 67.4 Å². The van der Waals surface area contributed by atoms with Gasteiger partial charge in [0.2, 0.25) is 0 Å². The smallest absolute Gasteiger partial charge is 0.313 e. The van der Waals surface area contributed by atoms with Gasteiger partial charge in [-0.1, -0.05) is 12.1 Å². The number of thiophene rings is 1. The molecule has 0 fully saturated rings. The first-order chi connectivity index (χ1) is 11.0. The molecule has 0 saturated carbocycles. The van der Waals surface area contributed by atoms with Crippen LogP contribution in [0.1, 0.15) is 17.4 Å². The zero-order valence-corrected chi connectivity index (χ0v) is 14.2. The molecule has 0 bridgehead atoms. The summed E-state index contributed by atoms with van der Waals surface area (Å²) in [4.78, 5) is 25.2. The number of aryl methyl sites for hydroxylation is 1. The van der Waals surface area contributed by atoms with Crippen molar-refractivity contribution in [2.75, 3.05) is 12.4 Å². The van der Waals surface area contributed by atoms with Gasteiger partial charge in [0.25, 0.3) is 0 Å². The molecule has 6 heteroatoms. The van der Waals surface area contributed by atoms with E-state index in [0.717, 1.165) is 5.56 Å². The number of amides is 2. The molecule has 2 amide bonds. The van der Waals surface area contributed by atoms with Gasteiger partial charge in [-0.15, -0.1) is 11.3 Å². The highest BCUT2D eigenvalue weighted by Gasteiger charge is 2.18. The van der Waals surface area contributed by atoms with Gasteiger partial charge in [0.1, 0.15) is 5.75 Å². The summed E-state index contributed by atoms with van der Waals surface area (Å²) < 4.78 is 5.19. The fourth-order valence-electron chi connectivity index (χ4n) is 2.17. The van der Waals surface area contributed by atoms with E-state index in [9.17, 15) is 9.59 Å². The van der Waals surface area contributed by atoms with Crippen molar-refractivity contribution in [1.82, 2.24) is 5.32 Å². The Labute approximate surface area is 139 Å². The average Bonchev–Trinajstić information content (AvgIpc) is 3.00. The van der Waals surface area contributed by atoms with Crippen molar-refractivity contribution in [2.45, 2.75) is 26.3 Å². The SMILES string of the molecule is COc1ccc(C)cc1NC(=O)C(=O)N[C@@H](C)Cc1cccs1. The molecule has 0 aliphatic rings. The Hall–Kier alpha value is -2.34. The third-order valence-corrected chi connectivity index (χ3v) is 4.17. The number of hydrogen-bond acceptors (Lipinski definition) is 4. The van der Waals surface area contributed by atoms with E-state index in [2.05, 4.69) is 10.6 Å². The molecule has 1 heterocycles. The maximum Gasteiger partial charge on any atom is 0.313 e. The molecule has 1 atom stereocenters. The number of methoxy groups -OCH3 is 1. The number of rotatable bonds is 5. The van der Waals surface area contributed by atoms with E-state index in [1.54, 1.807) is 23.5 Å². The number of anilines is 1. The molecule has 1 aromatic carbocycles. The maximum absolute atomic E-state index is 12.1. The van der Waals surface area contributed by atoms with Gasteiger partial charge in [0, 0.05) is 17.3 Å². The van der Waals surface area contributed by atoms with Crippen molar-refractivity contribution in [3.8, 4) is 5.75 Å². The average molecular weight is 332 g/mol. The largest absolute Gasteiger partial charge is 0.495 e. The summed E-state index contributed by atoms with van der Waals surface area (Å²) >= 11 is 1.63. The van der Waals surface area contributed by atoms with Crippen LogP contribution >= 0.6 is 11.3 Å². The number of nitrogens with one attached hydrogen (secondary N) is 2. The molecule has 23 heavy (non-hydrogen) atoms. The molecule has 2 N–H and O–H groups in total. The molecular weight excluding hydrogens is 312 g/mol. The molecule has 0 spiro atoms. The van der Waals surface area contributed by atoms with Crippen LogP contribution in [0.4, 0.5) is 5.69 Å². The Morgan fingerprint density at radius 2 is 2.04 bits per heavy atom. The van der Waals surface area contributed by atoms with Crippen LogP contribution in [0, 0.1) is 6.92 Å². The summed E-state index contributed by atoms with van der Waals surface area (Å²) in [6, 6.07) is 9.24. The van der Waals surface area contributed by atoms with E-state index in [4.69, 9.17) is 4.74 Å². The zero-order valence-electron chi connectivity index (χ0n) is 13.4. The molecule has 0 unspecified atom stereocenters. The molecule has 1 aromatic heterocycles. The van der Waals surface area contributed by atoms with E-state index in [0.29, 0.717) is 17.9 Å². The first-order valence-corrected chi connectivity index (χ1v) is 8.16. The molecule has 5 nitrogen and oxygen atoms in total. The van der Waals surface area contributed by atoms with E-state index >= 15 is 0 Å². The molecule has 2 aromatic rings. The quantitative estimate of drug-likeness (QED) is 0.827. The predicted molar refractivity (Wildman–Crippen MR) is 92.0 cm³/mol.